The fourth-order valence-corrected chi connectivity index (χ4v) is 4.68. The maximum Gasteiger partial charge on any atom is 0.341 e. The van der Waals surface area contributed by atoms with Crippen molar-refractivity contribution in [1.29, 1.82) is 0 Å². The van der Waals surface area contributed by atoms with Crippen molar-refractivity contribution in [1.82, 2.24) is 9.21 Å². The fourth-order valence-electron chi connectivity index (χ4n) is 3.26. The van der Waals surface area contributed by atoms with Gasteiger partial charge >= 0.3 is 5.97 Å². The summed E-state index contributed by atoms with van der Waals surface area (Å²) in [5.74, 6) is 0.457. The van der Waals surface area contributed by atoms with Gasteiger partial charge in [-0.2, -0.15) is 4.31 Å². The van der Waals surface area contributed by atoms with Crippen molar-refractivity contribution in [2.75, 3.05) is 33.3 Å². The first-order chi connectivity index (χ1) is 13.3. The van der Waals surface area contributed by atoms with Gasteiger partial charge in [-0.25, -0.2) is 13.2 Å². The normalized spacial score (nSPS) is 16.4. The van der Waals surface area contributed by atoms with Gasteiger partial charge in [-0.1, -0.05) is 26.0 Å². The van der Waals surface area contributed by atoms with Gasteiger partial charge in [-0.3, -0.25) is 4.90 Å². The van der Waals surface area contributed by atoms with Gasteiger partial charge in [-0.15, -0.1) is 0 Å². The number of ether oxygens (including phenoxy) is 1. The number of hydrogen-bond donors (Lipinski definition) is 0. The van der Waals surface area contributed by atoms with Crippen molar-refractivity contribution < 1.29 is 22.4 Å². The minimum Gasteiger partial charge on any atom is -0.467 e. The maximum atomic E-state index is 12.9. The summed E-state index contributed by atoms with van der Waals surface area (Å²) in [5.41, 5.74) is 1.52. The third-order valence-electron chi connectivity index (χ3n) is 5.03. The summed E-state index contributed by atoms with van der Waals surface area (Å²) in [6.45, 7) is 6.50. The molecule has 1 fully saturated rings. The second-order valence-electron chi connectivity index (χ2n) is 7.15. The van der Waals surface area contributed by atoms with E-state index in [4.69, 9.17) is 9.15 Å². The quantitative estimate of drug-likeness (QED) is 0.686. The summed E-state index contributed by atoms with van der Waals surface area (Å²) in [6.07, 6.45) is 1.46. The summed E-state index contributed by atoms with van der Waals surface area (Å²) in [6, 6.07) is 8.70. The SMILES string of the molecule is COC(=O)c1ccoc1CN1CCN(S(=O)(=O)c2ccc(C(C)C)cc2)CC1. The molecule has 0 radical (unpaired) electrons. The molecule has 28 heavy (non-hydrogen) atoms. The first-order valence-electron chi connectivity index (χ1n) is 9.30. The number of hydrogen-bond acceptors (Lipinski definition) is 6. The van der Waals surface area contributed by atoms with E-state index in [1.165, 1.54) is 17.7 Å². The van der Waals surface area contributed by atoms with Crippen LogP contribution in [0.15, 0.2) is 45.9 Å². The Labute approximate surface area is 165 Å². The van der Waals surface area contributed by atoms with Gasteiger partial charge in [0.1, 0.15) is 11.3 Å². The van der Waals surface area contributed by atoms with Crippen molar-refractivity contribution in [3.63, 3.8) is 0 Å². The Balaban J connectivity index is 1.63. The topological polar surface area (TPSA) is 80.1 Å². The van der Waals surface area contributed by atoms with E-state index in [0.29, 0.717) is 54.9 Å². The summed E-state index contributed by atoms with van der Waals surface area (Å²) in [4.78, 5) is 14.1. The summed E-state index contributed by atoms with van der Waals surface area (Å²) in [5, 5.41) is 0. The molecule has 0 amide bonds. The Hall–Kier alpha value is -2.16. The average molecular weight is 407 g/mol. The highest BCUT2D eigenvalue weighted by Gasteiger charge is 2.29. The number of carbonyl (C=O) groups excluding carboxylic acids is 1. The lowest BCUT2D eigenvalue weighted by Crippen LogP contribution is -2.48. The van der Waals surface area contributed by atoms with Crippen molar-refractivity contribution in [2.45, 2.75) is 31.2 Å². The number of carbonyl (C=O) groups is 1. The van der Waals surface area contributed by atoms with Crippen molar-refractivity contribution in [3.05, 3.63) is 53.5 Å². The Morgan fingerprint density at radius 2 is 1.75 bits per heavy atom. The zero-order chi connectivity index (χ0) is 20.3. The van der Waals surface area contributed by atoms with Gasteiger partial charge < -0.3 is 9.15 Å². The third kappa shape index (κ3) is 4.29. The van der Waals surface area contributed by atoms with Crippen LogP contribution in [0.2, 0.25) is 0 Å². The molecule has 8 heteroatoms. The minimum absolute atomic E-state index is 0.323. The number of rotatable bonds is 6. The van der Waals surface area contributed by atoms with Crippen molar-refractivity contribution in [3.8, 4) is 0 Å². The van der Waals surface area contributed by atoms with E-state index >= 15 is 0 Å². The van der Waals surface area contributed by atoms with Gasteiger partial charge in [0.2, 0.25) is 10.0 Å². The van der Waals surface area contributed by atoms with Gasteiger partial charge in [-0.05, 0) is 29.7 Å². The molecule has 152 valence electrons. The predicted octanol–water partition coefficient (Wildman–Crippen LogP) is 2.70. The van der Waals surface area contributed by atoms with Crippen LogP contribution in [-0.4, -0.2) is 56.9 Å². The smallest absolute Gasteiger partial charge is 0.341 e. The van der Waals surface area contributed by atoms with Crippen LogP contribution >= 0.6 is 0 Å². The Bertz CT molecular complexity index is 910. The number of benzene rings is 1. The molecule has 1 aliphatic rings. The molecular weight excluding hydrogens is 380 g/mol. The number of nitrogens with zero attached hydrogens (tertiary/aromatic N) is 2. The van der Waals surface area contributed by atoms with Crippen LogP contribution < -0.4 is 0 Å². The first kappa shape index (κ1) is 20.6. The summed E-state index contributed by atoms with van der Waals surface area (Å²) >= 11 is 0. The van der Waals surface area contributed by atoms with E-state index in [2.05, 4.69) is 18.7 Å². The highest BCUT2D eigenvalue weighted by Crippen LogP contribution is 2.22. The molecule has 1 aromatic heterocycles. The second-order valence-corrected chi connectivity index (χ2v) is 9.09. The van der Waals surface area contributed by atoms with Crippen LogP contribution in [0.5, 0.6) is 0 Å². The minimum atomic E-state index is -3.51. The molecule has 1 saturated heterocycles. The maximum absolute atomic E-state index is 12.9. The third-order valence-corrected chi connectivity index (χ3v) is 6.95. The molecule has 7 nitrogen and oxygen atoms in total. The molecule has 0 saturated carbocycles. The van der Waals surface area contributed by atoms with Crippen LogP contribution in [-0.2, 0) is 21.3 Å². The highest BCUT2D eigenvalue weighted by atomic mass is 32.2. The largest absolute Gasteiger partial charge is 0.467 e. The molecular formula is C20H26N2O5S. The second kappa shape index (κ2) is 8.46. The Morgan fingerprint density at radius 3 is 2.32 bits per heavy atom. The average Bonchev–Trinajstić information content (AvgIpc) is 3.16. The van der Waals surface area contributed by atoms with Gasteiger partial charge in [0.25, 0.3) is 0 Å². The van der Waals surface area contributed by atoms with Crippen molar-refractivity contribution >= 4 is 16.0 Å². The molecule has 0 atom stereocenters. The standard InChI is InChI=1S/C20H26N2O5S/c1-15(2)16-4-6-17(7-5-16)28(24,25)22-11-9-21(10-12-22)14-19-18(8-13-27-19)20(23)26-3/h4-8,13,15H,9-12,14H2,1-3H3. The van der Waals surface area contributed by atoms with E-state index in [1.54, 1.807) is 18.2 Å². The lowest BCUT2D eigenvalue weighted by molar-refractivity contribution is 0.0595. The van der Waals surface area contributed by atoms with Crippen LogP contribution in [0.4, 0.5) is 0 Å². The fraction of sp³-hybridized carbons (Fsp3) is 0.450. The van der Waals surface area contributed by atoms with Gasteiger partial charge in [0, 0.05) is 26.2 Å². The summed E-state index contributed by atoms with van der Waals surface area (Å²) in [7, 11) is -2.18. The van der Waals surface area contributed by atoms with Gasteiger partial charge in [0.05, 0.1) is 24.8 Å². The first-order valence-corrected chi connectivity index (χ1v) is 10.7. The lowest BCUT2D eigenvalue weighted by atomic mass is 10.0. The number of methoxy groups -OCH3 is 1. The molecule has 2 heterocycles. The molecule has 2 aromatic rings. The van der Waals surface area contributed by atoms with E-state index in [1.807, 2.05) is 12.1 Å². The van der Waals surface area contributed by atoms with Crippen LogP contribution in [0, 0.1) is 0 Å². The number of esters is 1. The number of sulfonamides is 1. The highest BCUT2D eigenvalue weighted by molar-refractivity contribution is 7.89. The molecule has 3 rings (SSSR count). The predicted molar refractivity (Wildman–Crippen MR) is 105 cm³/mol. The summed E-state index contributed by atoms with van der Waals surface area (Å²) < 4.78 is 37.5. The van der Waals surface area contributed by atoms with Gasteiger partial charge in [0.15, 0.2) is 0 Å². The Kier molecular flexibility index (Phi) is 6.22. The van der Waals surface area contributed by atoms with Crippen LogP contribution in [0.25, 0.3) is 0 Å². The molecule has 0 aliphatic carbocycles. The van der Waals surface area contributed by atoms with E-state index in [-0.39, 0.29) is 0 Å². The van der Waals surface area contributed by atoms with E-state index in [9.17, 15) is 13.2 Å². The number of piperazine rings is 1. The molecule has 1 aromatic carbocycles. The molecule has 0 N–H and O–H groups in total. The Morgan fingerprint density at radius 1 is 1.11 bits per heavy atom. The number of furan rings is 1. The van der Waals surface area contributed by atoms with Crippen LogP contribution in [0.1, 0.15) is 41.4 Å². The zero-order valence-corrected chi connectivity index (χ0v) is 17.2. The molecule has 0 bridgehead atoms. The lowest BCUT2D eigenvalue weighted by Gasteiger charge is -2.33. The van der Waals surface area contributed by atoms with Crippen molar-refractivity contribution in [2.24, 2.45) is 0 Å². The zero-order valence-electron chi connectivity index (χ0n) is 16.4. The van der Waals surface area contributed by atoms with E-state index < -0.39 is 16.0 Å². The van der Waals surface area contributed by atoms with E-state index in [0.717, 1.165) is 5.56 Å². The molecule has 1 aliphatic heterocycles. The molecule has 0 unspecified atom stereocenters. The van der Waals surface area contributed by atoms with Crippen LogP contribution in [0.3, 0.4) is 0 Å². The monoisotopic (exact) mass is 406 g/mol. The molecule has 0 spiro atoms.